The van der Waals surface area contributed by atoms with Crippen LogP contribution >= 0.6 is 0 Å². The van der Waals surface area contributed by atoms with Crippen molar-refractivity contribution in [1.29, 1.82) is 0 Å². The first-order valence-corrected chi connectivity index (χ1v) is 5.62. The molecule has 5 nitrogen and oxygen atoms in total. The van der Waals surface area contributed by atoms with Crippen LogP contribution in [0, 0.1) is 0 Å². The Kier molecular flexibility index (Phi) is 2.57. The molecule has 0 amide bonds. The number of anilines is 1. The molecule has 0 atom stereocenters. The van der Waals surface area contributed by atoms with Crippen LogP contribution in [0.2, 0.25) is 0 Å². The lowest BCUT2D eigenvalue weighted by Gasteiger charge is -2.08. The summed E-state index contributed by atoms with van der Waals surface area (Å²) in [5.41, 5.74) is 5.66. The van der Waals surface area contributed by atoms with Crippen molar-refractivity contribution in [3.05, 3.63) is 12.1 Å². The zero-order chi connectivity index (χ0) is 10.9. The molecule has 0 bridgehead atoms. The number of sulfone groups is 1. The van der Waals surface area contributed by atoms with Gasteiger partial charge in [-0.1, -0.05) is 0 Å². The lowest BCUT2D eigenvalue weighted by atomic mass is 10.3. The number of methoxy groups -OCH3 is 1. The van der Waals surface area contributed by atoms with Gasteiger partial charge in [-0.05, 0) is 0 Å². The molecule has 1 rings (SSSR count). The van der Waals surface area contributed by atoms with Crippen molar-refractivity contribution in [2.24, 2.45) is 0 Å². The van der Waals surface area contributed by atoms with Gasteiger partial charge in [0.15, 0.2) is 9.84 Å². The van der Waals surface area contributed by atoms with E-state index < -0.39 is 9.84 Å². The van der Waals surface area contributed by atoms with Gasteiger partial charge in [0.25, 0.3) is 0 Å². The average Bonchev–Trinajstić information content (AvgIpc) is 2.02. The molecule has 0 aliphatic heterocycles. The number of nitrogen functional groups attached to an aromatic ring is 1. The molecule has 78 valence electrons. The molecule has 14 heavy (non-hydrogen) atoms. The van der Waals surface area contributed by atoms with E-state index in [0.717, 1.165) is 12.3 Å². The van der Waals surface area contributed by atoms with Gasteiger partial charge in [-0.25, -0.2) is 8.42 Å². The summed E-state index contributed by atoms with van der Waals surface area (Å²) < 4.78 is 27.2. The highest BCUT2D eigenvalue weighted by atomic mass is 32.2. The highest BCUT2D eigenvalue weighted by molar-refractivity contribution is 7.90. The van der Waals surface area contributed by atoms with Gasteiger partial charge in [-0.3, -0.25) is 0 Å². The summed E-state index contributed by atoms with van der Waals surface area (Å²) in [5, 5.41) is 9.33. The van der Waals surface area contributed by atoms with Gasteiger partial charge in [0.1, 0.15) is 16.4 Å². The normalized spacial score (nSPS) is 11.3. The lowest BCUT2D eigenvalue weighted by molar-refractivity contribution is 0.410. The van der Waals surface area contributed by atoms with Gasteiger partial charge < -0.3 is 15.6 Å². The quantitative estimate of drug-likeness (QED) is 0.699. The first-order valence-electron chi connectivity index (χ1n) is 3.73. The zero-order valence-electron chi connectivity index (χ0n) is 7.81. The molecule has 0 heterocycles. The zero-order valence-corrected chi connectivity index (χ0v) is 8.63. The molecular weight excluding hydrogens is 206 g/mol. The maximum Gasteiger partial charge on any atom is 0.179 e. The highest BCUT2D eigenvalue weighted by Crippen LogP contribution is 2.32. The second kappa shape index (κ2) is 3.38. The molecule has 3 N–H and O–H groups in total. The molecule has 0 radical (unpaired) electrons. The van der Waals surface area contributed by atoms with Crippen LogP contribution in [0.25, 0.3) is 0 Å². The molecule has 1 aromatic carbocycles. The monoisotopic (exact) mass is 217 g/mol. The summed E-state index contributed by atoms with van der Waals surface area (Å²) in [7, 11) is -2.10. The molecule has 6 heteroatoms. The molecule has 0 aliphatic carbocycles. The Labute approximate surface area is 82.0 Å². The van der Waals surface area contributed by atoms with Crippen molar-refractivity contribution in [3.63, 3.8) is 0 Å². The fourth-order valence-electron chi connectivity index (χ4n) is 1.04. The summed E-state index contributed by atoms with van der Waals surface area (Å²) in [6.45, 7) is 0. The molecule has 0 aromatic heterocycles. The van der Waals surface area contributed by atoms with Crippen molar-refractivity contribution in [2.75, 3.05) is 19.1 Å². The van der Waals surface area contributed by atoms with Crippen LogP contribution in [0.3, 0.4) is 0 Å². The van der Waals surface area contributed by atoms with Crippen LogP contribution < -0.4 is 10.5 Å². The minimum atomic E-state index is -3.47. The topological polar surface area (TPSA) is 89.6 Å². The van der Waals surface area contributed by atoms with Gasteiger partial charge in [0, 0.05) is 18.4 Å². The number of hydrogen-bond donors (Lipinski definition) is 2. The number of phenolic OH excluding ortho intramolecular Hbond substituents is 1. The Morgan fingerprint density at radius 3 is 2.43 bits per heavy atom. The van der Waals surface area contributed by atoms with Gasteiger partial charge in [0.05, 0.1) is 12.8 Å². The van der Waals surface area contributed by atoms with E-state index in [9.17, 15) is 13.5 Å². The van der Waals surface area contributed by atoms with Gasteiger partial charge in [0.2, 0.25) is 0 Å². The van der Waals surface area contributed by atoms with E-state index in [1.165, 1.54) is 13.2 Å². The minimum absolute atomic E-state index is 0.191. The van der Waals surface area contributed by atoms with E-state index in [4.69, 9.17) is 10.5 Å². The number of rotatable bonds is 2. The smallest absolute Gasteiger partial charge is 0.179 e. The van der Waals surface area contributed by atoms with E-state index in [0.29, 0.717) is 0 Å². The molecule has 0 saturated carbocycles. The predicted molar refractivity (Wildman–Crippen MR) is 52.2 cm³/mol. The predicted octanol–water partition coefficient (Wildman–Crippen LogP) is 0.387. The van der Waals surface area contributed by atoms with Crippen molar-refractivity contribution in [2.45, 2.75) is 4.90 Å². The molecule has 0 saturated heterocycles. The molecule has 0 fully saturated rings. The lowest BCUT2D eigenvalue weighted by Crippen LogP contribution is -2.00. The minimum Gasteiger partial charge on any atom is -0.507 e. The van der Waals surface area contributed by atoms with Crippen molar-refractivity contribution < 1.29 is 18.3 Å². The van der Waals surface area contributed by atoms with E-state index in [-0.39, 0.29) is 22.1 Å². The SMILES string of the molecule is COc1cc(S(C)(=O)=O)c(O)cc1N. The van der Waals surface area contributed by atoms with Gasteiger partial charge in [-0.15, -0.1) is 0 Å². The Morgan fingerprint density at radius 1 is 1.43 bits per heavy atom. The maximum absolute atomic E-state index is 11.2. The third-order valence-corrected chi connectivity index (χ3v) is 2.84. The number of hydrogen-bond acceptors (Lipinski definition) is 5. The summed E-state index contributed by atoms with van der Waals surface area (Å²) >= 11 is 0. The Balaban J connectivity index is 3.47. The summed E-state index contributed by atoms with van der Waals surface area (Å²) in [4.78, 5) is -0.191. The van der Waals surface area contributed by atoms with E-state index in [2.05, 4.69) is 0 Å². The molecule has 0 aliphatic rings. The first kappa shape index (κ1) is 10.6. The van der Waals surface area contributed by atoms with E-state index in [1.807, 2.05) is 0 Å². The summed E-state index contributed by atoms with van der Waals surface area (Å²) in [6.07, 6.45) is 0.998. The van der Waals surface area contributed by atoms with E-state index >= 15 is 0 Å². The van der Waals surface area contributed by atoms with Crippen LogP contribution in [-0.4, -0.2) is 26.9 Å². The van der Waals surface area contributed by atoms with Crippen LogP contribution in [0.5, 0.6) is 11.5 Å². The number of aromatic hydroxyl groups is 1. The number of benzene rings is 1. The first-order chi connectivity index (χ1) is 6.36. The fraction of sp³-hybridized carbons (Fsp3) is 0.250. The summed E-state index contributed by atoms with van der Waals surface area (Å²) in [5.74, 6) is -0.144. The van der Waals surface area contributed by atoms with Gasteiger partial charge in [-0.2, -0.15) is 0 Å². The van der Waals surface area contributed by atoms with Crippen LogP contribution in [-0.2, 0) is 9.84 Å². The maximum atomic E-state index is 11.2. The third-order valence-electron chi connectivity index (χ3n) is 1.71. The second-order valence-electron chi connectivity index (χ2n) is 2.83. The van der Waals surface area contributed by atoms with Crippen molar-refractivity contribution >= 4 is 15.5 Å². The molecule has 0 spiro atoms. The van der Waals surface area contributed by atoms with Crippen LogP contribution in [0.1, 0.15) is 0 Å². The largest absolute Gasteiger partial charge is 0.507 e. The fourth-order valence-corrected chi connectivity index (χ4v) is 1.80. The Hall–Kier alpha value is -1.43. The summed E-state index contributed by atoms with van der Waals surface area (Å²) in [6, 6.07) is 2.34. The Morgan fingerprint density at radius 2 is 2.00 bits per heavy atom. The Bertz CT molecular complexity index is 453. The molecule has 1 aromatic rings. The highest BCUT2D eigenvalue weighted by Gasteiger charge is 2.16. The van der Waals surface area contributed by atoms with Gasteiger partial charge >= 0.3 is 0 Å². The van der Waals surface area contributed by atoms with Crippen LogP contribution in [0.15, 0.2) is 17.0 Å². The van der Waals surface area contributed by atoms with Crippen molar-refractivity contribution in [1.82, 2.24) is 0 Å². The molecular formula is C8H11NO4S. The number of ether oxygens (including phenoxy) is 1. The van der Waals surface area contributed by atoms with Crippen molar-refractivity contribution in [3.8, 4) is 11.5 Å². The van der Waals surface area contributed by atoms with E-state index in [1.54, 1.807) is 0 Å². The number of phenols is 1. The standard InChI is InChI=1S/C8H11NO4S/c1-13-7-4-8(14(2,11)12)6(10)3-5(7)9/h3-4,10H,9H2,1-2H3. The average molecular weight is 217 g/mol. The molecule has 0 unspecified atom stereocenters. The second-order valence-corrected chi connectivity index (χ2v) is 4.82. The van der Waals surface area contributed by atoms with Crippen LogP contribution in [0.4, 0.5) is 5.69 Å². The third kappa shape index (κ3) is 1.90. The number of nitrogens with two attached hydrogens (primary N) is 1.